The zero-order valence-corrected chi connectivity index (χ0v) is 13.0. The van der Waals surface area contributed by atoms with Crippen LogP contribution in [0.1, 0.15) is 26.7 Å². The number of halogens is 1. The van der Waals surface area contributed by atoms with Crippen molar-refractivity contribution in [1.29, 1.82) is 0 Å². The number of rotatable bonds is 2. The molecule has 1 aromatic carbocycles. The van der Waals surface area contributed by atoms with Crippen LogP contribution in [-0.4, -0.2) is 36.3 Å². The molecule has 1 atom stereocenters. The second-order valence-electron chi connectivity index (χ2n) is 6.80. The smallest absolute Gasteiger partial charge is 0.227 e. The number of anilines is 1. The third-order valence-corrected chi connectivity index (χ3v) is 4.70. The summed E-state index contributed by atoms with van der Waals surface area (Å²) in [6, 6.07) is 6.02. The van der Waals surface area contributed by atoms with Crippen molar-refractivity contribution in [1.82, 2.24) is 4.90 Å². The summed E-state index contributed by atoms with van der Waals surface area (Å²) in [6.07, 6.45) is 1.32. The van der Waals surface area contributed by atoms with Gasteiger partial charge in [-0.3, -0.25) is 9.59 Å². The Morgan fingerprint density at radius 2 is 1.91 bits per heavy atom. The van der Waals surface area contributed by atoms with Crippen molar-refractivity contribution in [3.8, 4) is 0 Å². The fraction of sp³-hybridized carbons (Fsp3) is 0.529. The summed E-state index contributed by atoms with van der Waals surface area (Å²) in [6.45, 7) is 5.78. The SMILES string of the molecule is CC(C)C(=O)N1CC[C@@]2(CC(=O)N(c3ccc(F)cc3)C2)C1. The van der Waals surface area contributed by atoms with Gasteiger partial charge in [-0.05, 0) is 30.7 Å². The van der Waals surface area contributed by atoms with Crippen molar-refractivity contribution in [2.45, 2.75) is 26.7 Å². The van der Waals surface area contributed by atoms with Gasteiger partial charge < -0.3 is 9.80 Å². The van der Waals surface area contributed by atoms with Gasteiger partial charge in [0.2, 0.25) is 11.8 Å². The van der Waals surface area contributed by atoms with Crippen molar-refractivity contribution in [3.05, 3.63) is 30.1 Å². The van der Waals surface area contributed by atoms with Crippen LogP contribution in [0.4, 0.5) is 10.1 Å². The van der Waals surface area contributed by atoms with E-state index in [0.717, 1.165) is 18.7 Å². The molecule has 0 aromatic heterocycles. The number of hydrogen-bond acceptors (Lipinski definition) is 2. The minimum Gasteiger partial charge on any atom is -0.342 e. The van der Waals surface area contributed by atoms with Gasteiger partial charge in [0.1, 0.15) is 5.82 Å². The summed E-state index contributed by atoms with van der Waals surface area (Å²) in [5, 5.41) is 0. The summed E-state index contributed by atoms with van der Waals surface area (Å²) >= 11 is 0. The Balaban J connectivity index is 1.75. The molecule has 2 aliphatic heterocycles. The van der Waals surface area contributed by atoms with E-state index in [1.165, 1.54) is 12.1 Å². The number of benzene rings is 1. The fourth-order valence-corrected chi connectivity index (χ4v) is 3.51. The van der Waals surface area contributed by atoms with E-state index in [9.17, 15) is 14.0 Å². The second kappa shape index (κ2) is 5.38. The molecule has 2 heterocycles. The highest BCUT2D eigenvalue weighted by Crippen LogP contribution is 2.42. The fourth-order valence-electron chi connectivity index (χ4n) is 3.51. The zero-order chi connectivity index (χ0) is 15.9. The van der Waals surface area contributed by atoms with Gasteiger partial charge in [-0.2, -0.15) is 0 Å². The molecule has 1 aromatic rings. The number of hydrogen-bond donors (Lipinski definition) is 0. The largest absolute Gasteiger partial charge is 0.342 e. The van der Waals surface area contributed by atoms with Crippen molar-refractivity contribution in [2.75, 3.05) is 24.5 Å². The lowest BCUT2D eigenvalue weighted by Crippen LogP contribution is -2.36. The summed E-state index contributed by atoms with van der Waals surface area (Å²) in [7, 11) is 0. The van der Waals surface area contributed by atoms with E-state index >= 15 is 0 Å². The summed E-state index contributed by atoms with van der Waals surface area (Å²) in [5.74, 6) is -0.102. The Morgan fingerprint density at radius 3 is 2.55 bits per heavy atom. The molecule has 2 saturated heterocycles. The molecule has 0 aliphatic carbocycles. The number of nitrogens with zero attached hydrogens (tertiary/aromatic N) is 2. The van der Waals surface area contributed by atoms with Crippen LogP contribution in [0.15, 0.2) is 24.3 Å². The van der Waals surface area contributed by atoms with Crippen LogP contribution in [0, 0.1) is 17.2 Å². The maximum absolute atomic E-state index is 13.0. The number of amides is 2. The molecule has 0 bridgehead atoms. The first kappa shape index (κ1) is 15.0. The van der Waals surface area contributed by atoms with Gasteiger partial charge in [-0.15, -0.1) is 0 Å². The topological polar surface area (TPSA) is 40.6 Å². The van der Waals surface area contributed by atoms with Gasteiger partial charge in [-0.1, -0.05) is 13.8 Å². The van der Waals surface area contributed by atoms with E-state index in [1.807, 2.05) is 18.7 Å². The van der Waals surface area contributed by atoms with Gasteiger partial charge in [-0.25, -0.2) is 4.39 Å². The van der Waals surface area contributed by atoms with Gasteiger partial charge in [0.05, 0.1) is 0 Å². The van der Waals surface area contributed by atoms with E-state index in [0.29, 0.717) is 19.5 Å². The number of likely N-dealkylation sites (tertiary alicyclic amines) is 1. The molecular formula is C17H21FN2O2. The Labute approximate surface area is 129 Å². The predicted molar refractivity (Wildman–Crippen MR) is 81.8 cm³/mol. The molecule has 2 amide bonds. The van der Waals surface area contributed by atoms with Crippen molar-refractivity contribution in [3.63, 3.8) is 0 Å². The third kappa shape index (κ3) is 2.60. The highest BCUT2D eigenvalue weighted by molar-refractivity contribution is 5.96. The predicted octanol–water partition coefficient (Wildman–Crippen LogP) is 2.44. The Hall–Kier alpha value is -1.91. The average molecular weight is 304 g/mol. The lowest BCUT2D eigenvalue weighted by molar-refractivity contribution is -0.133. The van der Waals surface area contributed by atoms with Crippen LogP contribution >= 0.6 is 0 Å². The monoisotopic (exact) mass is 304 g/mol. The van der Waals surface area contributed by atoms with Gasteiger partial charge in [0, 0.05) is 43.1 Å². The molecule has 22 heavy (non-hydrogen) atoms. The normalized spacial score (nSPS) is 24.8. The molecule has 5 heteroatoms. The molecule has 0 radical (unpaired) electrons. The summed E-state index contributed by atoms with van der Waals surface area (Å²) in [5.41, 5.74) is 0.590. The van der Waals surface area contributed by atoms with Crippen molar-refractivity contribution in [2.24, 2.45) is 11.3 Å². The lowest BCUT2D eigenvalue weighted by atomic mass is 9.86. The molecule has 4 nitrogen and oxygen atoms in total. The van der Waals surface area contributed by atoms with E-state index in [1.54, 1.807) is 17.0 Å². The standard InChI is InChI=1S/C17H21FN2O2/c1-12(2)16(22)19-8-7-17(10-19)9-15(21)20(11-17)14-5-3-13(18)4-6-14/h3-6,12H,7-11H2,1-2H3/t17-/m1/s1. The van der Waals surface area contributed by atoms with E-state index < -0.39 is 0 Å². The summed E-state index contributed by atoms with van der Waals surface area (Å²) in [4.78, 5) is 28.1. The second-order valence-corrected chi connectivity index (χ2v) is 6.80. The average Bonchev–Trinajstić information content (AvgIpc) is 3.03. The van der Waals surface area contributed by atoms with Crippen LogP contribution in [0.25, 0.3) is 0 Å². The van der Waals surface area contributed by atoms with Crippen LogP contribution in [0.2, 0.25) is 0 Å². The Morgan fingerprint density at radius 1 is 1.23 bits per heavy atom. The maximum Gasteiger partial charge on any atom is 0.227 e. The molecule has 3 rings (SSSR count). The van der Waals surface area contributed by atoms with Gasteiger partial charge >= 0.3 is 0 Å². The first-order valence-corrected chi connectivity index (χ1v) is 7.75. The third-order valence-electron chi connectivity index (χ3n) is 4.70. The molecule has 0 saturated carbocycles. The van der Waals surface area contributed by atoms with Gasteiger partial charge in [0.25, 0.3) is 0 Å². The number of carbonyl (C=O) groups excluding carboxylic acids is 2. The first-order chi connectivity index (χ1) is 10.4. The van der Waals surface area contributed by atoms with Crippen molar-refractivity contribution < 1.29 is 14.0 Å². The van der Waals surface area contributed by atoms with Crippen LogP contribution in [0.5, 0.6) is 0 Å². The molecule has 1 spiro atoms. The van der Waals surface area contributed by atoms with E-state index in [4.69, 9.17) is 0 Å². The molecule has 2 fully saturated rings. The zero-order valence-electron chi connectivity index (χ0n) is 13.0. The minimum atomic E-state index is -0.306. The van der Waals surface area contributed by atoms with E-state index in [2.05, 4.69) is 0 Å². The molecule has 2 aliphatic rings. The number of carbonyl (C=O) groups is 2. The Kier molecular flexibility index (Phi) is 3.67. The molecule has 0 N–H and O–H groups in total. The minimum absolute atomic E-state index is 0.0135. The summed E-state index contributed by atoms with van der Waals surface area (Å²) < 4.78 is 13.0. The highest BCUT2D eigenvalue weighted by Gasteiger charge is 2.48. The van der Waals surface area contributed by atoms with E-state index in [-0.39, 0.29) is 29.0 Å². The van der Waals surface area contributed by atoms with Crippen molar-refractivity contribution >= 4 is 17.5 Å². The Bertz CT molecular complexity index is 599. The quantitative estimate of drug-likeness (QED) is 0.842. The molecular weight excluding hydrogens is 283 g/mol. The van der Waals surface area contributed by atoms with Crippen LogP contribution < -0.4 is 4.90 Å². The maximum atomic E-state index is 13.0. The van der Waals surface area contributed by atoms with Crippen LogP contribution in [-0.2, 0) is 9.59 Å². The molecule has 118 valence electrons. The first-order valence-electron chi connectivity index (χ1n) is 7.75. The molecule has 0 unspecified atom stereocenters. The highest BCUT2D eigenvalue weighted by atomic mass is 19.1. The lowest BCUT2D eigenvalue weighted by Gasteiger charge is -2.25. The van der Waals surface area contributed by atoms with Crippen LogP contribution in [0.3, 0.4) is 0 Å². The van der Waals surface area contributed by atoms with Gasteiger partial charge in [0.15, 0.2) is 0 Å².